The van der Waals surface area contributed by atoms with Crippen molar-refractivity contribution >= 4 is 22.4 Å². The SMILES string of the molecule is CCCCOn1c(=O)cc(NCc2ccccc2[N+](=O)[O-])c2c(C)ncnc21. The zero-order valence-electron chi connectivity index (χ0n) is 15.7. The van der Waals surface area contributed by atoms with Crippen molar-refractivity contribution in [2.24, 2.45) is 0 Å². The molecule has 0 saturated heterocycles. The van der Waals surface area contributed by atoms with Crippen LogP contribution in [0.5, 0.6) is 0 Å². The summed E-state index contributed by atoms with van der Waals surface area (Å²) >= 11 is 0. The van der Waals surface area contributed by atoms with E-state index in [1.165, 1.54) is 23.2 Å². The van der Waals surface area contributed by atoms with Gasteiger partial charge in [-0.15, -0.1) is 4.73 Å². The fourth-order valence-electron chi connectivity index (χ4n) is 2.88. The van der Waals surface area contributed by atoms with Crippen LogP contribution >= 0.6 is 0 Å². The standard InChI is InChI=1S/C19H21N5O4/c1-3-4-9-28-23-17(25)10-15(18-13(2)21-12-22-19(18)23)20-11-14-7-5-6-8-16(14)24(26)27/h5-8,10,12,20H,3-4,9,11H2,1-2H3. The van der Waals surface area contributed by atoms with Crippen LogP contribution in [0.2, 0.25) is 0 Å². The Morgan fingerprint density at radius 3 is 2.82 bits per heavy atom. The molecule has 2 heterocycles. The topological polar surface area (TPSA) is 112 Å². The van der Waals surface area contributed by atoms with Gasteiger partial charge in [0.15, 0.2) is 5.65 Å². The van der Waals surface area contributed by atoms with Crippen LogP contribution in [0.15, 0.2) is 41.5 Å². The normalized spacial score (nSPS) is 10.8. The number of nitro benzene ring substituents is 1. The summed E-state index contributed by atoms with van der Waals surface area (Å²) in [6.07, 6.45) is 3.13. The number of pyridine rings is 1. The number of hydrogen-bond donors (Lipinski definition) is 1. The first-order valence-corrected chi connectivity index (χ1v) is 8.99. The quantitative estimate of drug-likeness (QED) is 0.361. The van der Waals surface area contributed by atoms with Gasteiger partial charge in [-0.25, -0.2) is 9.97 Å². The molecule has 2 aromatic heterocycles. The summed E-state index contributed by atoms with van der Waals surface area (Å²) in [5, 5.41) is 15.0. The predicted molar refractivity (Wildman–Crippen MR) is 105 cm³/mol. The van der Waals surface area contributed by atoms with Crippen LogP contribution in [0, 0.1) is 17.0 Å². The predicted octanol–water partition coefficient (Wildman–Crippen LogP) is 2.85. The maximum atomic E-state index is 12.6. The van der Waals surface area contributed by atoms with E-state index in [0.29, 0.717) is 34.6 Å². The highest BCUT2D eigenvalue weighted by Gasteiger charge is 2.16. The maximum absolute atomic E-state index is 12.6. The van der Waals surface area contributed by atoms with Crippen LogP contribution in [0.25, 0.3) is 11.0 Å². The number of nitro groups is 1. The molecule has 28 heavy (non-hydrogen) atoms. The Morgan fingerprint density at radius 2 is 2.07 bits per heavy atom. The van der Waals surface area contributed by atoms with Gasteiger partial charge >= 0.3 is 0 Å². The van der Waals surface area contributed by atoms with Gasteiger partial charge in [-0.3, -0.25) is 14.9 Å². The lowest BCUT2D eigenvalue weighted by Crippen LogP contribution is -2.29. The van der Waals surface area contributed by atoms with Gasteiger partial charge in [0.05, 0.1) is 21.7 Å². The minimum atomic E-state index is -0.428. The minimum absolute atomic E-state index is 0.0171. The van der Waals surface area contributed by atoms with E-state index < -0.39 is 4.92 Å². The molecule has 3 aromatic rings. The van der Waals surface area contributed by atoms with E-state index in [9.17, 15) is 14.9 Å². The van der Waals surface area contributed by atoms with E-state index in [4.69, 9.17) is 4.84 Å². The van der Waals surface area contributed by atoms with E-state index in [-0.39, 0.29) is 17.8 Å². The van der Waals surface area contributed by atoms with Crippen LogP contribution < -0.4 is 15.7 Å². The molecule has 0 unspecified atom stereocenters. The number of fused-ring (bicyclic) bond motifs is 1. The van der Waals surface area contributed by atoms with Crippen molar-refractivity contribution in [2.45, 2.75) is 33.2 Å². The van der Waals surface area contributed by atoms with Gasteiger partial charge in [0.1, 0.15) is 12.9 Å². The molecule has 1 N–H and O–H groups in total. The Hall–Kier alpha value is -3.49. The fourth-order valence-corrected chi connectivity index (χ4v) is 2.88. The summed E-state index contributed by atoms with van der Waals surface area (Å²) in [7, 11) is 0. The van der Waals surface area contributed by atoms with E-state index in [0.717, 1.165) is 12.8 Å². The van der Waals surface area contributed by atoms with Crippen LogP contribution in [-0.2, 0) is 6.54 Å². The van der Waals surface area contributed by atoms with Crippen molar-refractivity contribution in [1.29, 1.82) is 0 Å². The molecule has 0 atom stereocenters. The molecule has 0 amide bonds. The maximum Gasteiger partial charge on any atom is 0.287 e. The molecule has 9 heteroatoms. The van der Waals surface area contributed by atoms with Gasteiger partial charge in [-0.1, -0.05) is 31.5 Å². The number of unbranched alkanes of at least 4 members (excludes halogenated alkanes) is 1. The zero-order valence-corrected chi connectivity index (χ0v) is 15.7. The third kappa shape index (κ3) is 3.93. The number of anilines is 1. The number of hydrogen-bond acceptors (Lipinski definition) is 7. The second-order valence-corrected chi connectivity index (χ2v) is 6.27. The molecule has 0 bridgehead atoms. The lowest BCUT2D eigenvalue weighted by molar-refractivity contribution is -0.385. The van der Waals surface area contributed by atoms with Crippen molar-refractivity contribution in [3.8, 4) is 0 Å². The summed E-state index contributed by atoms with van der Waals surface area (Å²) < 4.78 is 1.18. The van der Waals surface area contributed by atoms with Crippen molar-refractivity contribution in [3.63, 3.8) is 0 Å². The molecule has 0 aliphatic carbocycles. The minimum Gasteiger partial charge on any atom is -0.409 e. The molecule has 0 saturated carbocycles. The molecular weight excluding hydrogens is 362 g/mol. The van der Waals surface area contributed by atoms with Crippen molar-refractivity contribution < 1.29 is 9.76 Å². The van der Waals surface area contributed by atoms with Gasteiger partial charge < -0.3 is 10.2 Å². The number of nitrogens with one attached hydrogen (secondary N) is 1. The molecule has 9 nitrogen and oxygen atoms in total. The molecule has 146 valence electrons. The summed E-state index contributed by atoms with van der Waals surface area (Å²) in [6, 6.07) is 7.87. The highest BCUT2D eigenvalue weighted by atomic mass is 16.7. The van der Waals surface area contributed by atoms with Gasteiger partial charge in [0.2, 0.25) is 0 Å². The molecule has 0 aliphatic heterocycles. The molecule has 1 aromatic carbocycles. The summed E-state index contributed by atoms with van der Waals surface area (Å²) in [5.41, 5.74) is 1.70. The lowest BCUT2D eigenvalue weighted by atomic mass is 10.1. The molecule has 0 spiro atoms. The van der Waals surface area contributed by atoms with E-state index in [1.54, 1.807) is 25.1 Å². The van der Waals surface area contributed by atoms with Crippen molar-refractivity contribution in [1.82, 2.24) is 14.7 Å². The monoisotopic (exact) mass is 383 g/mol. The Bertz CT molecular complexity index is 1060. The Labute approximate surface area is 161 Å². The number of nitrogens with zero attached hydrogens (tertiary/aromatic N) is 4. The summed E-state index contributed by atoms with van der Waals surface area (Å²) in [4.78, 5) is 37.4. The highest BCUT2D eigenvalue weighted by molar-refractivity contribution is 5.90. The summed E-state index contributed by atoms with van der Waals surface area (Å²) in [5.74, 6) is 0. The van der Waals surface area contributed by atoms with Gasteiger partial charge in [0, 0.05) is 24.2 Å². The number of aryl methyl sites for hydroxylation is 1. The van der Waals surface area contributed by atoms with Crippen LogP contribution in [-0.4, -0.2) is 26.2 Å². The third-order valence-electron chi connectivity index (χ3n) is 4.32. The zero-order chi connectivity index (χ0) is 20.1. The molecule has 0 radical (unpaired) electrons. The fraction of sp³-hybridized carbons (Fsp3) is 0.316. The second-order valence-electron chi connectivity index (χ2n) is 6.27. The van der Waals surface area contributed by atoms with Crippen LogP contribution in [0.4, 0.5) is 11.4 Å². The third-order valence-corrected chi connectivity index (χ3v) is 4.32. The molecule has 0 fully saturated rings. The first-order valence-electron chi connectivity index (χ1n) is 8.99. The second kappa shape index (κ2) is 8.47. The van der Waals surface area contributed by atoms with E-state index in [1.807, 2.05) is 6.92 Å². The Balaban J connectivity index is 2.00. The average molecular weight is 383 g/mol. The summed E-state index contributed by atoms with van der Waals surface area (Å²) in [6.45, 7) is 4.42. The molecule has 3 rings (SSSR count). The Kier molecular flexibility index (Phi) is 5.83. The average Bonchev–Trinajstić information content (AvgIpc) is 2.68. The number of para-hydroxylation sites is 1. The van der Waals surface area contributed by atoms with Crippen LogP contribution in [0.1, 0.15) is 31.0 Å². The number of aromatic nitrogens is 3. The van der Waals surface area contributed by atoms with Crippen molar-refractivity contribution in [3.05, 3.63) is 68.4 Å². The van der Waals surface area contributed by atoms with Gasteiger partial charge in [-0.05, 0) is 13.3 Å². The molecular formula is C19H21N5O4. The van der Waals surface area contributed by atoms with E-state index >= 15 is 0 Å². The highest BCUT2D eigenvalue weighted by Crippen LogP contribution is 2.24. The van der Waals surface area contributed by atoms with Crippen molar-refractivity contribution in [2.75, 3.05) is 11.9 Å². The largest absolute Gasteiger partial charge is 0.409 e. The molecule has 0 aliphatic rings. The van der Waals surface area contributed by atoms with Gasteiger partial charge in [0.25, 0.3) is 11.2 Å². The number of benzene rings is 1. The van der Waals surface area contributed by atoms with E-state index in [2.05, 4.69) is 15.3 Å². The Morgan fingerprint density at radius 1 is 1.29 bits per heavy atom. The smallest absolute Gasteiger partial charge is 0.287 e. The first kappa shape index (κ1) is 19.3. The van der Waals surface area contributed by atoms with Gasteiger partial charge in [-0.2, -0.15) is 0 Å². The number of rotatable bonds is 8. The lowest BCUT2D eigenvalue weighted by Gasteiger charge is -2.15. The van der Waals surface area contributed by atoms with Crippen LogP contribution in [0.3, 0.4) is 0 Å². The first-order chi connectivity index (χ1) is 13.5.